The Morgan fingerprint density at radius 2 is 1.83 bits per heavy atom. The highest BCUT2D eigenvalue weighted by Gasteiger charge is 2.23. The van der Waals surface area contributed by atoms with E-state index in [-0.39, 0.29) is 26.8 Å². The van der Waals surface area contributed by atoms with Gasteiger partial charge in [0.25, 0.3) is 10.0 Å². The van der Waals surface area contributed by atoms with Gasteiger partial charge in [0.1, 0.15) is 4.90 Å². The van der Waals surface area contributed by atoms with Gasteiger partial charge in [0, 0.05) is 41.6 Å². The number of nitrogens with one attached hydrogen (secondary N) is 3. The number of benzene rings is 2. The predicted molar refractivity (Wildman–Crippen MR) is 137 cm³/mol. The van der Waals surface area contributed by atoms with Crippen LogP contribution in [0.1, 0.15) is 12.8 Å². The van der Waals surface area contributed by atoms with Crippen molar-refractivity contribution in [2.24, 2.45) is 5.92 Å². The van der Waals surface area contributed by atoms with E-state index in [1.807, 2.05) is 0 Å². The first-order chi connectivity index (χ1) is 17.3. The monoisotopic (exact) mass is 546 g/mol. The van der Waals surface area contributed by atoms with Crippen molar-refractivity contribution in [2.75, 3.05) is 23.3 Å². The zero-order valence-electron chi connectivity index (χ0n) is 18.7. The minimum absolute atomic E-state index is 0.0631. The number of hydrogen-bond donors (Lipinski definition) is 3. The van der Waals surface area contributed by atoms with E-state index in [2.05, 4.69) is 30.2 Å². The first-order valence-electron chi connectivity index (χ1n) is 11.0. The van der Waals surface area contributed by atoms with Crippen LogP contribution in [0.15, 0.2) is 53.6 Å². The molecule has 1 aliphatic rings. The van der Waals surface area contributed by atoms with Crippen LogP contribution in [0, 0.1) is 5.92 Å². The number of sulfonamides is 1. The maximum atomic E-state index is 12.7. The largest absolute Gasteiger partial charge is 0.381 e. The summed E-state index contributed by atoms with van der Waals surface area (Å²) in [5.41, 5.74) is 1.45. The van der Waals surface area contributed by atoms with Crippen molar-refractivity contribution < 1.29 is 17.9 Å². The number of anilines is 2. The maximum Gasteiger partial charge on any atom is 0.263 e. The van der Waals surface area contributed by atoms with Crippen LogP contribution < -0.4 is 10.0 Å². The van der Waals surface area contributed by atoms with Crippen LogP contribution in [-0.4, -0.2) is 47.7 Å². The Balaban J connectivity index is 1.32. The number of amides is 1. The number of aromatic amines is 1. The summed E-state index contributed by atoms with van der Waals surface area (Å²) in [4.78, 5) is 21.3. The second-order valence-electron chi connectivity index (χ2n) is 8.16. The van der Waals surface area contributed by atoms with E-state index in [9.17, 15) is 13.2 Å². The van der Waals surface area contributed by atoms with Gasteiger partial charge in [-0.05, 0) is 55.3 Å². The van der Waals surface area contributed by atoms with E-state index in [0.717, 1.165) is 0 Å². The molecule has 4 aromatic rings. The first kappa shape index (κ1) is 24.4. The highest BCUT2D eigenvalue weighted by Crippen LogP contribution is 2.28. The third-order valence-corrected chi connectivity index (χ3v) is 7.83. The van der Waals surface area contributed by atoms with Crippen molar-refractivity contribution in [3.8, 4) is 11.4 Å². The minimum atomic E-state index is -3.94. The van der Waals surface area contributed by atoms with Gasteiger partial charge in [0.05, 0.1) is 10.4 Å². The molecule has 0 unspecified atom stereocenters. The summed E-state index contributed by atoms with van der Waals surface area (Å²) in [5, 5.41) is 10.7. The number of fused-ring (bicyclic) bond motifs is 1. The Morgan fingerprint density at radius 3 is 2.58 bits per heavy atom. The molecule has 1 fully saturated rings. The average Bonchev–Trinajstić information content (AvgIpc) is 3.28. The van der Waals surface area contributed by atoms with Crippen LogP contribution in [0.2, 0.25) is 10.0 Å². The quantitative estimate of drug-likeness (QED) is 0.323. The lowest BCUT2D eigenvalue weighted by molar-refractivity contribution is -0.122. The smallest absolute Gasteiger partial charge is 0.263 e. The number of halogens is 2. The van der Waals surface area contributed by atoms with E-state index >= 15 is 0 Å². The zero-order valence-corrected chi connectivity index (χ0v) is 21.0. The second kappa shape index (κ2) is 10.0. The summed E-state index contributed by atoms with van der Waals surface area (Å²) >= 11 is 12.0. The van der Waals surface area contributed by atoms with Crippen molar-refractivity contribution in [1.29, 1.82) is 0 Å². The van der Waals surface area contributed by atoms with Crippen LogP contribution in [0.4, 0.5) is 11.5 Å². The number of rotatable bonds is 6. The van der Waals surface area contributed by atoms with Gasteiger partial charge in [-0.15, -0.1) is 0 Å². The van der Waals surface area contributed by atoms with Crippen molar-refractivity contribution in [1.82, 2.24) is 20.2 Å². The van der Waals surface area contributed by atoms with Crippen LogP contribution in [0.3, 0.4) is 0 Å². The fourth-order valence-electron chi connectivity index (χ4n) is 3.80. The number of ether oxygens (including phenoxy) is 1. The summed E-state index contributed by atoms with van der Waals surface area (Å²) in [5.74, 6) is 0.558. The lowest BCUT2D eigenvalue weighted by Gasteiger charge is -2.20. The molecule has 186 valence electrons. The van der Waals surface area contributed by atoms with Gasteiger partial charge in [-0.1, -0.05) is 23.2 Å². The van der Waals surface area contributed by atoms with Crippen molar-refractivity contribution in [2.45, 2.75) is 17.7 Å². The molecular formula is C23H20Cl2N6O4S. The Morgan fingerprint density at radius 1 is 1.08 bits per heavy atom. The Hall–Kier alpha value is -3.25. The second-order valence-corrected chi connectivity index (χ2v) is 10.7. The molecule has 36 heavy (non-hydrogen) atoms. The van der Waals surface area contributed by atoms with Crippen LogP contribution in [0.5, 0.6) is 0 Å². The summed E-state index contributed by atoms with van der Waals surface area (Å²) in [6.07, 6.45) is 2.93. The molecule has 2 aromatic carbocycles. The molecular weight excluding hydrogens is 527 g/mol. The Bertz CT molecular complexity index is 1540. The zero-order chi connectivity index (χ0) is 25.3. The normalized spacial score (nSPS) is 14.6. The van der Waals surface area contributed by atoms with E-state index in [1.54, 1.807) is 30.5 Å². The molecule has 10 nitrogen and oxygen atoms in total. The van der Waals surface area contributed by atoms with Crippen LogP contribution in [-0.2, 0) is 19.6 Å². The van der Waals surface area contributed by atoms with Gasteiger partial charge >= 0.3 is 0 Å². The van der Waals surface area contributed by atoms with Gasteiger partial charge in [-0.2, -0.15) is 5.10 Å². The van der Waals surface area contributed by atoms with Crippen LogP contribution in [0.25, 0.3) is 22.4 Å². The topological polar surface area (TPSA) is 139 Å². The molecule has 13 heteroatoms. The standard InChI is InChI=1S/C23H20Cl2N6O4S/c24-15-3-6-18(25)19(11-15)36(33,34)31-16-4-1-13(2-5-16)20-26-12-17-21(27-20)29-30-22(17)28-23(32)14-7-9-35-10-8-14/h1-6,11-12,14,31H,7-10H2,(H2,26,27,28,29,30,32). The SMILES string of the molecule is O=C(Nc1n[nH]c2nc(-c3ccc(NS(=O)(=O)c4cc(Cl)ccc4Cl)cc3)ncc12)C1CCOCC1. The fourth-order valence-corrected chi connectivity index (χ4v) is 5.63. The molecule has 1 amide bonds. The molecule has 0 spiro atoms. The van der Waals surface area contributed by atoms with E-state index in [1.165, 1.54) is 18.2 Å². The number of H-pyrrole nitrogens is 1. The highest BCUT2D eigenvalue weighted by atomic mass is 35.5. The van der Waals surface area contributed by atoms with Gasteiger partial charge in [0.2, 0.25) is 5.91 Å². The number of nitrogens with zero attached hydrogens (tertiary/aromatic N) is 3. The third-order valence-electron chi connectivity index (χ3n) is 5.73. The van der Waals surface area contributed by atoms with E-state index < -0.39 is 10.0 Å². The number of aromatic nitrogens is 4. The lowest BCUT2D eigenvalue weighted by Crippen LogP contribution is -2.28. The fraction of sp³-hybridized carbons (Fsp3) is 0.217. The Kier molecular flexibility index (Phi) is 6.80. The molecule has 0 aliphatic carbocycles. The van der Waals surface area contributed by atoms with Crippen molar-refractivity contribution in [3.05, 3.63) is 58.7 Å². The molecule has 1 saturated heterocycles. The summed E-state index contributed by atoms with van der Waals surface area (Å²) in [6.45, 7) is 1.14. The minimum Gasteiger partial charge on any atom is -0.381 e. The summed E-state index contributed by atoms with van der Waals surface area (Å²) in [7, 11) is -3.94. The molecule has 5 rings (SSSR count). The van der Waals surface area contributed by atoms with Crippen molar-refractivity contribution >= 4 is 61.7 Å². The molecule has 0 radical (unpaired) electrons. The first-order valence-corrected chi connectivity index (χ1v) is 13.2. The molecule has 0 bridgehead atoms. The van der Waals surface area contributed by atoms with Gasteiger partial charge < -0.3 is 10.1 Å². The third kappa shape index (κ3) is 5.14. The van der Waals surface area contributed by atoms with Gasteiger partial charge in [-0.25, -0.2) is 18.4 Å². The highest BCUT2D eigenvalue weighted by molar-refractivity contribution is 7.92. The summed E-state index contributed by atoms with van der Waals surface area (Å²) in [6, 6.07) is 10.8. The average molecular weight is 547 g/mol. The lowest BCUT2D eigenvalue weighted by atomic mass is 9.99. The van der Waals surface area contributed by atoms with E-state index in [4.69, 9.17) is 27.9 Å². The van der Waals surface area contributed by atoms with Crippen molar-refractivity contribution in [3.63, 3.8) is 0 Å². The Labute approximate surface area is 216 Å². The van der Waals surface area contributed by atoms with Gasteiger partial charge in [-0.3, -0.25) is 14.6 Å². The molecule has 2 aromatic heterocycles. The van der Waals surface area contributed by atoms with Gasteiger partial charge in [0.15, 0.2) is 17.3 Å². The maximum absolute atomic E-state index is 12.7. The number of hydrogen-bond acceptors (Lipinski definition) is 7. The molecule has 3 N–H and O–H groups in total. The molecule has 3 heterocycles. The predicted octanol–water partition coefficient (Wildman–Crippen LogP) is 4.49. The number of carbonyl (C=O) groups excluding carboxylic acids is 1. The number of carbonyl (C=O) groups is 1. The molecule has 0 saturated carbocycles. The molecule has 1 aliphatic heterocycles. The summed E-state index contributed by atoms with van der Waals surface area (Å²) < 4.78 is 33.2. The van der Waals surface area contributed by atoms with Crippen LogP contribution >= 0.6 is 23.2 Å². The van der Waals surface area contributed by atoms with E-state index in [0.29, 0.717) is 60.0 Å². The molecule has 0 atom stereocenters.